The van der Waals surface area contributed by atoms with Crippen LogP contribution in [0.15, 0.2) is 30.3 Å². The van der Waals surface area contributed by atoms with E-state index in [-0.39, 0.29) is 0 Å². The number of likely N-dealkylation sites (tertiary alicyclic amines) is 1. The maximum Gasteiger partial charge on any atom is 0.157 e. The summed E-state index contributed by atoms with van der Waals surface area (Å²) >= 11 is 0. The Morgan fingerprint density at radius 2 is 1.81 bits per heavy atom. The molecule has 2 N–H and O–H groups in total. The highest BCUT2D eigenvalue weighted by molar-refractivity contribution is 5.51. The van der Waals surface area contributed by atoms with E-state index in [4.69, 9.17) is 15.5 Å². The van der Waals surface area contributed by atoms with E-state index in [1.54, 1.807) is 4.52 Å². The van der Waals surface area contributed by atoms with Crippen molar-refractivity contribution in [3.63, 3.8) is 0 Å². The first kappa shape index (κ1) is 20.3. The molecule has 0 aliphatic carbocycles. The second-order valence-corrected chi connectivity index (χ2v) is 8.92. The molecule has 3 aromatic rings. The normalized spacial score (nSPS) is 18.7. The summed E-state index contributed by atoms with van der Waals surface area (Å²) in [6.45, 7) is 11.0. The van der Waals surface area contributed by atoms with E-state index in [2.05, 4.69) is 40.0 Å². The third kappa shape index (κ3) is 4.25. The van der Waals surface area contributed by atoms with Crippen molar-refractivity contribution in [3.8, 4) is 0 Å². The van der Waals surface area contributed by atoms with Gasteiger partial charge < -0.3 is 15.4 Å². The van der Waals surface area contributed by atoms with Crippen molar-refractivity contribution >= 4 is 17.2 Å². The van der Waals surface area contributed by atoms with E-state index in [0.29, 0.717) is 11.7 Å². The molecule has 2 aliphatic heterocycles. The topological polar surface area (TPSA) is 71.9 Å². The van der Waals surface area contributed by atoms with Gasteiger partial charge in [0.2, 0.25) is 0 Å². The van der Waals surface area contributed by atoms with Crippen LogP contribution < -0.4 is 10.6 Å². The van der Waals surface area contributed by atoms with Gasteiger partial charge in [-0.25, -0.2) is 4.98 Å². The van der Waals surface area contributed by atoms with E-state index in [9.17, 15) is 0 Å². The Morgan fingerprint density at radius 1 is 1.03 bits per heavy atom. The van der Waals surface area contributed by atoms with Crippen molar-refractivity contribution in [2.75, 3.05) is 50.0 Å². The zero-order valence-corrected chi connectivity index (χ0v) is 18.5. The number of nitrogen functional groups attached to an aromatic ring is 1. The minimum absolute atomic E-state index is 0.462. The van der Waals surface area contributed by atoms with Crippen molar-refractivity contribution in [3.05, 3.63) is 52.8 Å². The monoisotopic (exact) mass is 420 g/mol. The van der Waals surface area contributed by atoms with Crippen LogP contribution in [-0.4, -0.2) is 58.9 Å². The Morgan fingerprint density at radius 3 is 2.55 bits per heavy atom. The van der Waals surface area contributed by atoms with E-state index >= 15 is 0 Å². The summed E-state index contributed by atoms with van der Waals surface area (Å²) in [6.07, 6.45) is 2.22. The number of rotatable bonds is 4. The molecular weight excluding hydrogens is 388 g/mol. The van der Waals surface area contributed by atoms with Crippen molar-refractivity contribution in [1.29, 1.82) is 0 Å². The van der Waals surface area contributed by atoms with Gasteiger partial charge in [-0.3, -0.25) is 4.90 Å². The van der Waals surface area contributed by atoms with Gasteiger partial charge in [0.05, 0.1) is 18.9 Å². The average Bonchev–Trinajstić information content (AvgIpc) is 3.17. The summed E-state index contributed by atoms with van der Waals surface area (Å²) in [7, 11) is 0. The van der Waals surface area contributed by atoms with Crippen LogP contribution in [0.25, 0.3) is 5.65 Å². The van der Waals surface area contributed by atoms with Gasteiger partial charge >= 0.3 is 0 Å². The number of aromatic nitrogens is 3. The zero-order chi connectivity index (χ0) is 21.4. The molecule has 4 heterocycles. The summed E-state index contributed by atoms with van der Waals surface area (Å²) in [5.41, 5.74) is 13.3. The summed E-state index contributed by atoms with van der Waals surface area (Å²) in [6, 6.07) is 10.9. The van der Waals surface area contributed by atoms with Gasteiger partial charge in [-0.2, -0.15) is 9.61 Å². The molecule has 0 spiro atoms. The van der Waals surface area contributed by atoms with E-state index in [1.807, 2.05) is 19.1 Å². The number of hydrogen-bond donors (Lipinski definition) is 1. The van der Waals surface area contributed by atoms with Crippen LogP contribution in [0.3, 0.4) is 0 Å². The lowest BCUT2D eigenvalue weighted by atomic mass is 9.92. The molecule has 0 atom stereocenters. The second kappa shape index (κ2) is 8.48. The zero-order valence-electron chi connectivity index (χ0n) is 18.5. The first-order valence-electron chi connectivity index (χ1n) is 11.3. The molecule has 5 rings (SSSR count). The van der Waals surface area contributed by atoms with Crippen LogP contribution in [0.5, 0.6) is 0 Å². The molecule has 0 amide bonds. The Bertz CT molecular complexity index is 1060. The van der Waals surface area contributed by atoms with E-state index < -0.39 is 0 Å². The van der Waals surface area contributed by atoms with Gasteiger partial charge in [-0.1, -0.05) is 6.07 Å². The number of anilines is 2. The largest absolute Gasteiger partial charge is 0.384 e. The molecule has 164 valence electrons. The van der Waals surface area contributed by atoms with Gasteiger partial charge in [0.1, 0.15) is 5.82 Å². The molecule has 31 heavy (non-hydrogen) atoms. The van der Waals surface area contributed by atoms with Crippen molar-refractivity contribution in [2.24, 2.45) is 0 Å². The van der Waals surface area contributed by atoms with Crippen LogP contribution in [0.4, 0.5) is 11.5 Å². The predicted octanol–water partition coefficient (Wildman–Crippen LogP) is 3.14. The lowest BCUT2D eigenvalue weighted by Crippen LogP contribution is -2.36. The number of hydrogen-bond acceptors (Lipinski definition) is 6. The fraction of sp³-hybridized carbons (Fsp3) is 0.500. The molecule has 1 aromatic carbocycles. The molecule has 0 unspecified atom stereocenters. The van der Waals surface area contributed by atoms with Gasteiger partial charge in [0, 0.05) is 49.1 Å². The first-order chi connectivity index (χ1) is 15.1. The maximum atomic E-state index is 6.23. The molecule has 2 fully saturated rings. The van der Waals surface area contributed by atoms with Gasteiger partial charge in [-0.15, -0.1) is 0 Å². The van der Waals surface area contributed by atoms with Crippen LogP contribution in [0, 0.1) is 13.8 Å². The molecule has 2 aliphatic rings. The summed E-state index contributed by atoms with van der Waals surface area (Å²) < 4.78 is 7.21. The van der Waals surface area contributed by atoms with Gasteiger partial charge in [0.25, 0.3) is 0 Å². The number of nitrogens with zero attached hydrogens (tertiary/aromatic N) is 5. The lowest BCUT2D eigenvalue weighted by Gasteiger charge is -2.33. The maximum absolute atomic E-state index is 6.23. The van der Waals surface area contributed by atoms with Crippen LogP contribution in [-0.2, 0) is 11.3 Å². The summed E-state index contributed by atoms with van der Waals surface area (Å²) in [5, 5.41) is 4.41. The van der Waals surface area contributed by atoms with Gasteiger partial charge in [0.15, 0.2) is 5.65 Å². The Labute approximate surface area is 183 Å². The molecule has 2 saturated heterocycles. The number of fused-ring (bicyclic) bond motifs is 1. The third-order valence-electron chi connectivity index (χ3n) is 6.70. The van der Waals surface area contributed by atoms with Gasteiger partial charge in [-0.05, 0) is 63.0 Å². The molecule has 0 saturated carbocycles. The molecular formula is C24H32N6O. The molecule has 7 heteroatoms. The molecule has 0 bridgehead atoms. The molecule has 2 aromatic heterocycles. The minimum atomic E-state index is 0.462. The quantitative estimate of drug-likeness (QED) is 0.699. The van der Waals surface area contributed by atoms with Crippen LogP contribution >= 0.6 is 0 Å². The smallest absolute Gasteiger partial charge is 0.157 e. The number of morpholine rings is 1. The Balaban J connectivity index is 1.22. The van der Waals surface area contributed by atoms with Crippen molar-refractivity contribution in [2.45, 2.75) is 39.2 Å². The van der Waals surface area contributed by atoms with E-state index in [1.165, 1.54) is 16.8 Å². The number of benzene rings is 1. The fourth-order valence-electron chi connectivity index (χ4n) is 4.85. The van der Waals surface area contributed by atoms with Crippen molar-refractivity contribution < 1.29 is 4.74 Å². The van der Waals surface area contributed by atoms with Crippen LogP contribution in [0.1, 0.15) is 41.3 Å². The minimum Gasteiger partial charge on any atom is -0.384 e. The Hall–Kier alpha value is -2.64. The number of piperidine rings is 1. The van der Waals surface area contributed by atoms with Crippen LogP contribution in [0.2, 0.25) is 0 Å². The number of aryl methyl sites for hydroxylation is 2. The third-order valence-corrected chi connectivity index (χ3v) is 6.70. The first-order valence-corrected chi connectivity index (χ1v) is 11.3. The Kier molecular flexibility index (Phi) is 5.54. The SMILES string of the molecule is Cc1cc2nc(C3CCN(Cc4ccc(N5CCOCC5)cc4C)CC3)cc(N)n2n1. The van der Waals surface area contributed by atoms with Crippen molar-refractivity contribution in [1.82, 2.24) is 19.5 Å². The highest BCUT2D eigenvalue weighted by atomic mass is 16.5. The lowest BCUT2D eigenvalue weighted by molar-refractivity contribution is 0.122. The highest BCUT2D eigenvalue weighted by Crippen LogP contribution is 2.30. The fourth-order valence-corrected chi connectivity index (χ4v) is 4.85. The number of nitrogens with two attached hydrogens (primary N) is 1. The predicted molar refractivity (Wildman–Crippen MR) is 124 cm³/mol. The standard InChI is InChI=1S/C24H32N6O/c1-17-13-21(29-9-11-31-12-10-29)4-3-20(17)16-28-7-5-19(6-8-28)22-15-23(25)30-24(26-22)14-18(2)27-30/h3-4,13-15,19H,5-12,16,25H2,1-2H3. The summed E-state index contributed by atoms with van der Waals surface area (Å²) in [4.78, 5) is 9.83. The number of ether oxygens (including phenoxy) is 1. The molecule has 7 nitrogen and oxygen atoms in total. The van der Waals surface area contributed by atoms with E-state index in [0.717, 1.165) is 75.8 Å². The highest BCUT2D eigenvalue weighted by Gasteiger charge is 2.23. The second-order valence-electron chi connectivity index (χ2n) is 8.92. The molecule has 0 radical (unpaired) electrons. The average molecular weight is 421 g/mol. The summed E-state index contributed by atoms with van der Waals surface area (Å²) in [5.74, 6) is 1.13.